The standard InChI is InChI=1S/C18H16N2O3/c1-2-22-18(21)16(11-19)10-14-5-7-17(8-6-14)23-13-15-4-3-9-20-12-15/h3-10,12H,2,13H2,1H3/b16-10-. The van der Waals surface area contributed by atoms with Gasteiger partial charge in [0.25, 0.3) is 0 Å². The number of benzene rings is 1. The van der Waals surface area contributed by atoms with Crippen molar-refractivity contribution in [3.63, 3.8) is 0 Å². The first-order valence-corrected chi connectivity index (χ1v) is 7.13. The molecule has 0 aliphatic carbocycles. The average Bonchev–Trinajstić information content (AvgIpc) is 2.60. The molecule has 23 heavy (non-hydrogen) atoms. The molecule has 0 unspecified atom stereocenters. The molecule has 0 aliphatic rings. The van der Waals surface area contributed by atoms with Crippen LogP contribution in [0.4, 0.5) is 0 Å². The summed E-state index contributed by atoms with van der Waals surface area (Å²) in [6, 6.07) is 12.7. The molecule has 2 rings (SSSR count). The Hall–Kier alpha value is -3.13. The van der Waals surface area contributed by atoms with Crippen LogP contribution in [-0.2, 0) is 16.1 Å². The van der Waals surface area contributed by atoms with Crippen LogP contribution in [0.5, 0.6) is 5.75 Å². The number of aromatic nitrogens is 1. The summed E-state index contributed by atoms with van der Waals surface area (Å²) in [5.74, 6) is 0.0764. The molecule has 0 saturated heterocycles. The molecule has 0 amide bonds. The first kappa shape index (κ1) is 16.2. The molecule has 0 N–H and O–H groups in total. The minimum atomic E-state index is -0.619. The molecule has 2 aromatic rings. The Morgan fingerprint density at radius 1 is 1.30 bits per heavy atom. The number of nitrogens with zero attached hydrogens (tertiary/aromatic N) is 2. The van der Waals surface area contributed by atoms with Gasteiger partial charge in [0.2, 0.25) is 0 Å². The number of ether oxygens (including phenoxy) is 2. The second-order valence-corrected chi connectivity index (χ2v) is 4.61. The van der Waals surface area contributed by atoms with Crippen molar-refractivity contribution < 1.29 is 14.3 Å². The maximum Gasteiger partial charge on any atom is 0.348 e. The summed E-state index contributed by atoms with van der Waals surface area (Å²) in [4.78, 5) is 15.6. The summed E-state index contributed by atoms with van der Waals surface area (Å²) >= 11 is 0. The van der Waals surface area contributed by atoms with Crippen molar-refractivity contribution >= 4 is 12.0 Å². The van der Waals surface area contributed by atoms with Crippen LogP contribution in [0.3, 0.4) is 0 Å². The van der Waals surface area contributed by atoms with Gasteiger partial charge in [-0.1, -0.05) is 18.2 Å². The second-order valence-electron chi connectivity index (χ2n) is 4.61. The Labute approximate surface area is 134 Å². The normalized spacial score (nSPS) is 10.7. The highest BCUT2D eigenvalue weighted by Crippen LogP contribution is 2.16. The van der Waals surface area contributed by atoms with E-state index in [4.69, 9.17) is 14.7 Å². The molecule has 0 aliphatic heterocycles. The Bertz CT molecular complexity index is 716. The Morgan fingerprint density at radius 2 is 2.09 bits per heavy atom. The number of carbonyl (C=O) groups excluding carboxylic acids is 1. The molecule has 0 atom stereocenters. The topological polar surface area (TPSA) is 72.2 Å². The van der Waals surface area contributed by atoms with E-state index in [9.17, 15) is 4.79 Å². The minimum Gasteiger partial charge on any atom is -0.489 e. The van der Waals surface area contributed by atoms with Gasteiger partial charge in [0.1, 0.15) is 24.0 Å². The van der Waals surface area contributed by atoms with Crippen LogP contribution in [0.1, 0.15) is 18.1 Å². The average molecular weight is 308 g/mol. The molecule has 1 aromatic carbocycles. The molecular formula is C18H16N2O3. The van der Waals surface area contributed by atoms with E-state index in [1.165, 1.54) is 6.08 Å². The van der Waals surface area contributed by atoms with Crippen molar-refractivity contribution in [2.24, 2.45) is 0 Å². The molecule has 0 fully saturated rings. The number of pyridine rings is 1. The SMILES string of the molecule is CCOC(=O)/C(C#N)=C\c1ccc(OCc2cccnc2)cc1. The van der Waals surface area contributed by atoms with Crippen LogP contribution in [-0.4, -0.2) is 17.6 Å². The van der Waals surface area contributed by atoms with Gasteiger partial charge in [-0.2, -0.15) is 5.26 Å². The van der Waals surface area contributed by atoms with Crippen molar-refractivity contribution in [2.75, 3.05) is 6.61 Å². The largest absolute Gasteiger partial charge is 0.489 e. The van der Waals surface area contributed by atoms with Crippen LogP contribution in [0.2, 0.25) is 0 Å². The van der Waals surface area contributed by atoms with E-state index in [1.54, 1.807) is 43.6 Å². The van der Waals surface area contributed by atoms with Crippen molar-refractivity contribution in [2.45, 2.75) is 13.5 Å². The molecule has 1 aromatic heterocycles. The number of hydrogen-bond donors (Lipinski definition) is 0. The molecule has 5 nitrogen and oxygen atoms in total. The number of hydrogen-bond acceptors (Lipinski definition) is 5. The number of rotatable bonds is 6. The van der Waals surface area contributed by atoms with Gasteiger partial charge in [-0.15, -0.1) is 0 Å². The van der Waals surface area contributed by atoms with Gasteiger partial charge < -0.3 is 9.47 Å². The van der Waals surface area contributed by atoms with Gasteiger partial charge in [0.05, 0.1) is 6.61 Å². The Balaban J connectivity index is 2.01. The Kier molecular flexibility index (Phi) is 5.89. The minimum absolute atomic E-state index is 0.0316. The van der Waals surface area contributed by atoms with E-state index in [2.05, 4.69) is 4.98 Å². The van der Waals surface area contributed by atoms with Gasteiger partial charge in [-0.05, 0) is 36.8 Å². The molecule has 116 valence electrons. The molecule has 1 heterocycles. The highest BCUT2D eigenvalue weighted by Gasteiger charge is 2.09. The van der Waals surface area contributed by atoms with Gasteiger partial charge >= 0.3 is 5.97 Å². The first-order valence-electron chi connectivity index (χ1n) is 7.13. The van der Waals surface area contributed by atoms with Crippen molar-refractivity contribution in [1.82, 2.24) is 4.98 Å². The van der Waals surface area contributed by atoms with Crippen LogP contribution >= 0.6 is 0 Å². The summed E-state index contributed by atoms with van der Waals surface area (Å²) in [7, 11) is 0. The van der Waals surface area contributed by atoms with Crippen LogP contribution < -0.4 is 4.74 Å². The van der Waals surface area contributed by atoms with Gasteiger partial charge in [-0.25, -0.2) is 4.79 Å². The maximum absolute atomic E-state index is 11.6. The number of carbonyl (C=O) groups is 1. The van der Waals surface area contributed by atoms with E-state index in [-0.39, 0.29) is 12.2 Å². The molecule has 0 radical (unpaired) electrons. The zero-order valence-corrected chi connectivity index (χ0v) is 12.7. The lowest BCUT2D eigenvalue weighted by molar-refractivity contribution is -0.137. The van der Waals surface area contributed by atoms with E-state index in [0.29, 0.717) is 12.4 Å². The summed E-state index contributed by atoms with van der Waals surface area (Å²) < 4.78 is 10.5. The second kappa shape index (κ2) is 8.35. The Morgan fingerprint density at radius 3 is 2.70 bits per heavy atom. The fraction of sp³-hybridized carbons (Fsp3) is 0.167. The lowest BCUT2D eigenvalue weighted by Crippen LogP contribution is -2.05. The summed E-state index contributed by atoms with van der Waals surface area (Å²) in [6.45, 7) is 2.36. The lowest BCUT2D eigenvalue weighted by Gasteiger charge is -2.06. The van der Waals surface area contributed by atoms with Crippen LogP contribution in [0, 0.1) is 11.3 Å². The zero-order chi connectivity index (χ0) is 16.5. The van der Waals surface area contributed by atoms with E-state index >= 15 is 0 Å². The van der Waals surface area contributed by atoms with Gasteiger partial charge in [0, 0.05) is 18.0 Å². The predicted octanol–water partition coefficient (Wildman–Crippen LogP) is 3.13. The fourth-order valence-electron chi connectivity index (χ4n) is 1.82. The van der Waals surface area contributed by atoms with E-state index in [1.807, 2.05) is 18.2 Å². The molecular weight excluding hydrogens is 292 g/mol. The van der Waals surface area contributed by atoms with Crippen molar-refractivity contribution in [3.05, 3.63) is 65.5 Å². The fourth-order valence-corrected chi connectivity index (χ4v) is 1.82. The van der Waals surface area contributed by atoms with Gasteiger partial charge in [-0.3, -0.25) is 4.98 Å². The summed E-state index contributed by atoms with van der Waals surface area (Å²) in [5, 5.41) is 9.00. The summed E-state index contributed by atoms with van der Waals surface area (Å²) in [6.07, 6.45) is 4.94. The third-order valence-electron chi connectivity index (χ3n) is 2.94. The smallest absolute Gasteiger partial charge is 0.348 e. The van der Waals surface area contributed by atoms with Crippen LogP contribution in [0.15, 0.2) is 54.4 Å². The predicted molar refractivity (Wildman–Crippen MR) is 85.2 cm³/mol. The molecule has 0 saturated carbocycles. The monoisotopic (exact) mass is 308 g/mol. The zero-order valence-electron chi connectivity index (χ0n) is 12.7. The lowest BCUT2D eigenvalue weighted by atomic mass is 10.1. The maximum atomic E-state index is 11.6. The van der Waals surface area contributed by atoms with Crippen molar-refractivity contribution in [3.8, 4) is 11.8 Å². The van der Waals surface area contributed by atoms with E-state index in [0.717, 1.165) is 11.1 Å². The quantitative estimate of drug-likeness (QED) is 0.466. The van der Waals surface area contributed by atoms with Gasteiger partial charge in [0.15, 0.2) is 0 Å². The first-order chi connectivity index (χ1) is 11.2. The molecule has 5 heteroatoms. The van der Waals surface area contributed by atoms with E-state index < -0.39 is 5.97 Å². The third-order valence-corrected chi connectivity index (χ3v) is 2.94. The summed E-state index contributed by atoms with van der Waals surface area (Å²) in [5.41, 5.74) is 1.67. The highest BCUT2D eigenvalue weighted by atomic mass is 16.5. The van der Waals surface area contributed by atoms with Crippen molar-refractivity contribution in [1.29, 1.82) is 5.26 Å². The number of esters is 1. The highest BCUT2D eigenvalue weighted by molar-refractivity contribution is 5.97. The third kappa shape index (κ3) is 4.97. The number of nitriles is 1. The van der Waals surface area contributed by atoms with Crippen LogP contribution in [0.25, 0.3) is 6.08 Å². The molecule has 0 bridgehead atoms. The molecule has 0 spiro atoms.